The highest BCUT2D eigenvalue weighted by atomic mass is 79.9. The Kier molecular flexibility index (Phi) is 5.41. The summed E-state index contributed by atoms with van der Waals surface area (Å²) < 4.78 is 37.5. The van der Waals surface area contributed by atoms with Gasteiger partial charge in [-0.05, 0) is 41.1 Å². The molecular weight excluding hydrogens is 373 g/mol. The minimum atomic E-state index is -4.51. The van der Waals surface area contributed by atoms with Crippen molar-refractivity contribution in [1.82, 2.24) is 5.32 Å². The fourth-order valence-corrected chi connectivity index (χ4v) is 1.77. The summed E-state index contributed by atoms with van der Waals surface area (Å²) in [6.45, 7) is 0.413. The first-order chi connectivity index (χ1) is 9.93. The number of carbonyl (C=O) groups excluding carboxylic acids is 1. The van der Waals surface area contributed by atoms with Crippen LogP contribution in [0, 0.1) is 0 Å². The number of carboxylic acid groups (broad SMARTS) is 1. The number of carbonyl (C=O) groups is 2. The van der Waals surface area contributed by atoms with E-state index in [1.807, 2.05) is 0 Å². The van der Waals surface area contributed by atoms with Crippen molar-refractivity contribution in [3.63, 3.8) is 0 Å². The van der Waals surface area contributed by atoms with Crippen LogP contribution in [0.3, 0.4) is 0 Å². The standard InChI is InChI=1S/C12H12BrF3N2O4/c1-11(22,9(19)20)5-17-10(21)18-8-3-2-6(4-7(8)13)12(14,15)16/h2-4,22H,5H2,1H3,(H,19,20)(H2,17,18,21). The largest absolute Gasteiger partial charge is 0.479 e. The first-order valence-corrected chi connectivity index (χ1v) is 6.60. The summed E-state index contributed by atoms with van der Waals surface area (Å²) in [5.74, 6) is -1.52. The molecule has 0 heterocycles. The second kappa shape index (κ2) is 6.53. The number of nitrogens with one attached hydrogen (secondary N) is 2. The number of alkyl halides is 3. The van der Waals surface area contributed by atoms with Gasteiger partial charge in [-0.1, -0.05) is 0 Å². The van der Waals surface area contributed by atoms with E-state index in [1.165, 1.54) is 0 Å². The molecule has 1 aromatic rings. The highest BCUT2D eigenvalue weighted by Gasteiger charge is 2.31. The van der Waals surface area contributed by atoms with Crippen molar-refractivity contribution in [2.75, 3.05) is 11.9 Å². The molecule has 0 aliphatic carbocycles. The van der Waals surface area contributed by atoms with Crippen LogP contribution in [0.5, 0.6) is 0 Å². The lowest BCUT2D eigenvalue weighted by molar-refractivity contribution is -0.155. The average molecular weight is 385 g/mol. The van der Waals surface area contributed by atoms with E-state index in [4.69, 9.17) is 5.11 Å². The van der Waals surface area contributed by atoms with Crippen LogP contribution in [0.2, 0.25) is 0 Å². The van der Waals surface area contributed by atoms with Gasteiger partial charge in [0.15, 0.2) is 5.60 Å². The molecule has 4 N–H and O–H groups in total. The van der Waals surface area contributed by atoms with Gasteiger partial charge < -0.3 is 20.8 Å². The molecular formula is C12H12BrF3N2O4. The van der Waals surface area contributed by atoms with Gasteiger partial charge in [0.05, 0.1) is 17.8 Å². The molecule has 0 bridgehead atoms. The molecule has 6 nitrogen and oxygen atoms in total. The molecule has 0 aliphatic heterocycles. The predicted molar refractivity (Wildman–Crippen MR) is 74.4 cm³/mol. The Labute approximate surface area is 131 Å². The second-order valence-electron chi connectivity index (χ2n) is 4.58. The quantitative estimate of drug-likeness (QED) is 0.640. The van der Waals surface area contributed by atoms with Gasteiger partial charge in [0, 0.05) is 4.47 Å². The number of carboxylic acids is 1. The van der Waals surface area contributed by atoms with Crippen LogP contribution in [0.1, 0.15) is 12.5 Å². The van der Waals surface area contributed by atoms with Crippen molar-refractivity contribution in [3.05, 3.63) is 28.2 Å². The minimum absolute atomic E-state index is 0.00229. The molecule has 0 saturated heterocycles. The van der Waals surface area contributed by atoms with Crippen molar-refractivity contribution in [3.8, 4) is 0 Å². The zero-order valence-corrected chi connectivity index (χ0v) is 12.7. The first-order valence-electron chi connectivity index (χ1n) is 5.81. The number of anilines is 1. The summed E-state index contributed by atoms with van der Waals surface area (Å²) in [7, 11) is 0. The monoisotopic (exact) mass is 384 g/mol. The minimum Gasteiger partial charge on any atom is -0.479 e. The van der Waals surface area contributed by atoms with Crippen molar-refractivity contribution >= 4 is 33.6 Å². The van der Waals surface area contributed by atoms with E-state index >= 15 is 0 Å². The van der Waals surface area contributed by atoms with Crippen LogP contribution in [0.15, 0.2) is 22.7 Å². The van der Waals surface area contributed by atoms with Gasteiger partial charge in [0.2, 0.25) is 0 Å². The molecule has 1 aromatic carbocycles. The van der Waals surface area contributed by atoms with Crippen LogP contribution >= 0.6 is 15.9 Å². The van der Waals surface area contributed by atoms with E-state index in [-0.39, 0.29) is 10.2 Å². The SMILES string of the molecule is CC(O)(CNC(=O)Nc1ccc(C(F)(F)F)cc1Br)C(=O)O. The van der Waals surface area contributed by atoms with Gasteiger partial charge in [-0.15, -0.1) is 0 Å². The summed E-state index contributed by atoms with van der Waals surface area (Å²) in [6.07, 6.45) is -4.51. The second-order valence-corrected chi connectivity index (χ2v) is 5.43. The van der Waals surface area contributed by atoms with Crippen LogP contribution in [-0.2, 0) is 11.0 Å². The number of amides is 2. The predicted octanol–water partition coefficient (Wildman–Crippen LogP) is 2.42. The molecule has 2 amide bonds. The highest BCUT2D eigenvalue weighted by Crippen LogP contribution is 2.33. The van der Waals surface area contributed by atoms with Crippen molar-refractivity contribution in [2.45, 2.75) is 18.7 Å². The molecule has 0 aromatic heterocycles. The van der Waals surface area contributed by atoms with E-state index < -0.39 is 35.9 Å². The average Bonchev–Trinajstić information content (AvgIpc) is 2.37. The molecule has 0 spiro atoms. The van der Waals surface area contributed by atoms with Gasteiger partial charge in [-0.3, -0.25) is 0 Å². The molecule has 122 valence electrons. The summed E-state index contributed by atoms with van der Waals surface area (Å²) >= 11 is 2.90. The zero-order chi connectivity index (χ0) is 17.1. The molecule has 1 unspecified atom stereocenters. The van der Waals surface area contributed by atoms with E-state index in [0.29, 0.717) is 0 Å². The van der Waals surface area contributed by atoms with E-state index in [2.05, 4.69) is 26.6 Å². The van der Waals surface area contributed by atoms with Crippen LogP contribution < -0.4 is 10.6 Å². The fourth-order valence-electron chi connectivity index (χ4n) is 1.29. The third-order valence-electron chi connectivity index (χ3n) is 2.60. The summed E-state index contributed by atoms with van der Waals surface area (Å²) in [5.41, 5.74) is -2.99. The topological polar surface area (TPSA) is 98.7 Å². The number of rotatable bonds is 4. The Morgan fingerprint density at radius 2 is 1.91 bits per heavy atom. The van der Waals surface area contributed by atoms with Crippen molar-refractivity contribution < 1.29 is 33.0 Å². The number of benzene rings is 1. The lowest BCUT2D eigenvalue weighted by atomic mass is 10.1. The summed E-state index contributed by atoms with van der Waals surface area (Å²) in [6, 6.07) is 1.75. The molecule has 22 heavy (non-hydrogen) atoms. The molecule has 0 fully saturated rings. The molecule has 1 rings (SSSR count). The van der Waals surface area contributed by atoms with Crippen LogP contribution in [0.25, 0.3) is 0 Å². The maximum Gasteiger partial charge on any atom is 0.416 e. The van der Waals surface area contributed by atoms with Crippen LogP contribution in [-0.4, -0.2) is 34.4 Å². The van der Waals surface area contributed by atoms with E-state index in [9.17, 15) is 27.9 Å². The lowest BCUT2D eigenvalue weighted by Gasteiger charge is -2.18. The third kappa shape index (κ3) is 4.88. The number of aliphatic carboxylic acids is 1. The Bertz CT molecular complexity index is 590. The maximum atomic E-state index is 12.5. The lowest BCUT2D eigenvalue weighted by Crippen LogP contribution is -2.47. The normalized spacial score (nSPS) is 14.1. The van der Waals surface area contributed by atoms with Gasteiger partial charge in [0.25, 0.3) is 0 Å². The Morgan fingerprint density at radius 3 is 2.36 bits per heavy atom. The highest BCUT2D eigenvalue weighted by molar-refractivity contribution is 9.10. The fraction of sp³-hybridized carbons (Fsp3) is 0.333. The number of aliphatic hydroxyl groups is 1. The molecule has 0 saturated carbocycles. The van der Waals surface area contributed by atoms with Gasteiger partial charge in [-0.25, -0.2) is 9.59 Å². The van der Waals surface area contributed by atoms with Gasteiger partial charge in [-0.2, -0.15) is 13.2 Å². The molecule has 0 aliphatic rings. The third-order valence-corrected chi connectivity index (χ3v) is 3.25. The maximum absolute atomic E-state index is 12.5. The molecule has 0 radical (unpaired) electrons. The van der Waals surface area contributed by atoms with Gasteiger partial charge in [0.1, 0.15) is 0 Å². The van der Waals surface area contributed by atoms with E-state index in [1.54, 1.807) is 0 Å². The van der Waals surface area contributed by atoms with Crippen molar-refractivity contribution in [2.24, 2.45) is 0 Å². The van der Waals surface area contributed by atoms with Crippen molar-refractivity contribution in [1.29, 1.82) is 0 Å². The number of hydrogen-bond acceptors (Lipinski definition) is 3. The first kappa shape index (κ1) is 18.2. The Hall–Kier alpha value is -1.81. The number of urea groups is 1. The molecule has 1 atom stereocenters. The summed E-state index contributed by atoms with van der Waals surface area (Å²) in [5, 5.41) is 22.4. The zero-order valence-electron chi connectivity index (χ0n) is 11.2. The smallest absolute Gasteiger partial charge is 0.416 e. The Balaban J connectivity index is 2.72. The molecule has 10 heteroatoms. The summed E-state index contributed by atoms with van der Waals surface area (Å²) in [4.78, 5) is 22.2. The van der Waals surface area contributed by atoms with Gasteiger partial charge >= 0.3 is 18.2 Å². The Morgan fingerprint density at radius 1 is 1.32 bits per heavy atom. The number of hydrogen-bond donors (Lipinski definition) is 4. The van der Waals surface area contributed by atoms with Crippen LogP contribution in [0.4, 0.5) is 23.7 Å². The number of halogens is 4. The van der Waals surface area contributed by atoms with E-state index in [0.717, 1.165) is 25.1 Å².